The molecule has 0 aromatic heterocycles. The summed E-state index contributed by atoms with van der Waals surface area (Å²) in [5, 5.41) is 5.30. The lowest BCUT2D eigenvalue weighted by Crippen LogP contribution is -2.23. The van der Waals surface area contributed by atoms with Crippen LogP contribution in [0.15, 0.2) is 43.1 Å². The topological polar surface area (TPSA) is 41.1 Å². The molecule has 2 N–H and O–H groups in total. The van der Waals surface area contributed by atoms with Crippen molar-refractivity contribution in [1.82, 2.24) is 5.32 Å². The molecular weight excluding hydrogens is 200 g/mol. The molecule has 0 bridgehead atoms. The van der Waals surface area contributed by atoms with Crippen molar-refractivity contribution in [3.63, 3.8) is 0 Å². The molecule has 0 fully saturated rings. The largest absolute Gasteiger partial charge is 0.323 e. The number of urea groups is 1. The number of carbonyl (C=O) groups excluding carboxylic acids is 1. The van der Waals surface area contributed by atoms with Crippen LogP contribution in [0, 0.1) is 13.8 Å². The zero-order valence-electron chi connectivity index (χ0n) is 9.58. The normalized spacial score (nSPS) is 10.1. The smallest absolute Gasteiger partial charge is 0.314 e. The summed E-state index contributed by atoms with van der Waals surface area (Å²) in [6, 6.07) is 5.52. The molecule has 0 unspecified atom stereocenters. The van der Waals surface area contributed by atoms with E-state index >= 15 is 0 Å². The third kappa shape index (κ3) is 3.61. The van der Waals surface area contributed by atoms with Crippen LogP contribution < -0.4 is 10.6 Å². The molecule has 2 amide bonds. The van der Waals surface area contributed by atoms with Crippen LogP contribution in [0.5, 0.6) is 0 Å². The van der Waals surface area contributed by atoms with E-state index in [1.165, 1.54) is 11.8 Å². The molecule has 3 nitrogen and oxygen atoms in total. The van der Waals surface area contributed by atoms with Gasteiger partial charge in [-0.2, -0.15) is 0 Å². The minimum atomic E-state index is -0.263. The van der Waals surface area contributed by atoms with E-state index in [4.69, 9.17) is 0 Å². The van der Waals surface area contributed by atoms with Crippen LogP contribution >= 0.6 is 0 Å². The van der Waals surface area contributed by atoms with Gasteiger partial charge in [-0.3, -0.25) is 0 Å². The van der Waals surface area contributed by atoms with Gasteiger partial charge >= 0.3 is 6.03 Å². The average molecular weight is 216 g/mol. The van der Waals surface area contributed by atoms with E-state index in [0.29, 0.717) is 0 Å². The number of hydrogen-bond donors (Lipinski definition) is 2. The lowest BCUT2D eigenvalue weighted by molar-refractivity contribution is 0.255. The Morgan fingerprint density at radius 2 is 2.06 bits per heavy atom. The maximum Gasteiger partial charge on any atom is 0.323 e. The number of carbonyl (C=O) groups is 1. The highest BCUT2D eigenvalue weighted by Gasteiger charge is 2.00. The molecule has 1 aromatic carbocycles. The van der Waals surface area contributed by atoms with Crippen LogP contribution in [0.2, 0.25) is 0 Å². The van der Waals surface area contributed by atoms with Gasteiger partial charge in [0.05, 0.1) is 0 Å². The Morgan fingerprint density at radius 1 is 1.31 bits per heavy atom. The van der Waals surface area contributed by atoms with Crippen LogP contribution in [0.25, 0.3) is 0 Å². The second-order valence-electron chi connectivity index (χ2n) is 3.49. The molecule has 16 heavy (non-hydrogen) atoms. The third-order valence-corrected chi connectivity index (χ3v) is 2.21. The van der Waals surface area contributed by atoms with Crippen molar-refractivity contribution in [2.75, 3.05) is 5.32 Å². The van der Waals surface area contributed by atoms with Gasteiger partial charge in [-0.15, -0.1) is 0 Å². The second kappa shape index (κ2) is 5.75. The summed E-state index contributed by atoms with van der Waals surface area (Å²) in [7, 11) is 0. The number of hydrogen-bond acceptors (Lipinski definition) is 1. The van der Waals surface area contributed by atoms with Crippen molar-refractivity contribution >= 4 is 11.7 Å². The maximum atomic E-state index is 11.4. The first-order valence-electron chi connectivity index (χ1n) is 5.06. The van der Waals surface area contributed by atoms with Crippen molar-refractivity contribution in [3.8, 4) is 0 Å². The number of amides is 2. The van der Waals surface area contributed by atoms with Crippen molar-refractivity contribution in [2.45, 2.75) is 13.8 Å². The highest BCUT2D eigenvalue weighted by Crippen LogP contribution is 2.13. The maximum absolute atomic E-state index is 11.4. The van der Waals surface area contributed by atoms with E-state index in [1.54, 1.807) is 12.2 Å². The molecule has 0 aliphatic heterocycles. The number of allylic oxidation sites excluding steroid dienone is 2. The second-order valence-corrected chi connectivity index (χ2v) is 3.49. The lowest BCUT2D eigenvalue weighted by Gasteiger charge is -2.06. The van der Waals surface area contributed by atoms with Crippen molar-refractivity contribution in [2.24, 2.45) is 0 Å². The highest BCUT2D eigenvalue weighted by atomic mass is 16.2. The molecule has 3 heteroatoms. The van der Waals surface area contributed by atoms with Gasteiger partial charge in [0.2, 0.25) is 0 Å². The van der Waals surface area contributed by atoms with Crippen LogP contribution in [-0.2, 0) is 0 Å². The fourth-order valence-corrected chi connectivity index (χ4v) is 1.18. The fourth-order valence-electron chi connectivity index (χ4n) is 1.18. The van der Waals surface area contributed by atoms with Crippen LogP contribution in [0.1, 0.15) is 11.1 Å². The summed E-state index contributed by atoms with van der Waals surface area (Å²) in [6.45, 7) is 7.55. The Morgan fingerprint density at radius 3 is 2.69 bits per heavy atom. The fraction of sp³-hybridized carbons (Fsp3) is 0.154. The minimum Gasteiger partial charge on any atom is -0.314 e. The summed E-state index contributed by atoms with van der Waals surface area (Å²) in [5.41, 5.74) is 3.14. The predicted molar refractivity (Wildman–Crippen MR) is 67.4 cm³/mol. The number of aryl methyl sites for hydroxylation is 2. The zero-order chi connectivity index (χ0) is 12.0. The molecule has 1 rings (SSSR count). The van der Waals surface area contributed by atoms with Crippen molar-refractivity contribution < 1.29 is 4.79 Å². The first-order valence-corrected chi connectivity index (χ1v) is 5.06. The zero-order valence-corrected chi connectivity index (χ0v) is 9.58. The number of rotatable bonds is 3. The Bertz CT molecular complexity index is 422. The summed E-state index contributed by atoms with van der Waals surface area (Å²) in [6.07, 6.45) is 4.78. The van der Waals surface area contributed by atoms with Gasteiger partial charge in [0.25, 0.3) is 0 Å². The van der Waals surface area contributed by atoms with Crippen LogP contribution in [-0.4, -0.2) is 6.03 Å². The SMILES string of the molecule is C=C/C=C/NC(=O)Nc1ccc(C)c(C)c1. The molecule has 0 spiro atoms. The van der Waals surface area contributed by atoms with Gasteiger partial charge in [-0.05, 0) is 43.2 Å². The van der Waals surface area contributed by atoms with Gasteiger partial charge in [-0.1, -0.05) is 18.7 Å². The number of benzene rings is 1. The van der Waals surface area contributed by atoms with Crippen LogP contribution in [0.4, 0.5) is 10.5 Å². The monoisotopic (exact) mass is 216 g/mol. The molecule has 1 aromatic rings. The third-order valence-electron chi connectivity index (χ3n) is 2.21. The molecule has 0 radical (unpaired) electrons. The van der Waals surface area contributed by atoms with E-state index < -0.39 is 0 Å². The van der Waals surface area contributed by atoms with Crippen molar-refractivity contribution in [3.05, 3.63) is 54.3 Å². The van der Waals surface area contributed by atoms with E-state index in [9.17, 15) is 4.79 Å². The number of nitrogens with one attached hydrogen (secondary N) is 2. The van der Waals surface area contributed by atoms with Crippen molar-refractivity contribution in [1.29, 1.82) is 0 Å². The summed E-state index contributed by atoms with van der Waals surface area (Å²) >= 11 is 0. The molecule has 0 aliphatic carbocycles. The summed E-state index contributed by atoms with van der Waals surface area (Å²) < 4.78 is 0. The minimum absolute atomic E-state index is 0.263. The van der Waals surface area contributed by atoms with Gasteiger partial charge in [-0.25, -0.2) is 4.79 Å². The Kier molecular flexibility index (Phi) is 4.33. The van der Waals surface area contributed by atoms with Crippen LogP contribution in [0.3, 0.4) is 0 Å². The first kappa shape index (κ1) is 12.0. The molecule has 0 atom stereocenters. The Labute approximate surface area is 95.9 Å². The number of anilines is 1. The van der Waals surface area contributed by atoms with E-state index in [-0.39, 0.29) is 6.03 Å². The Balaban J connectivity index is 2.59. The molecule has 0 aliphatic rings. The van der Waals surface area contributed by atoms with E-state index in [1.807, 2.05) is 32.0 Å². The van der Waals surface area contributed by atoms with Gasteiger partial charge in [0.15, 0.2) is 0 Å². The predicted octanol–water partition coefficient (Wildman–Crippen LogP) is 3.12. The standard InChI is InChI=1S/C13H16N2O/c1-4-5-8-14-13(16)15-12-7-6-10(2)11(3)9-12/h4-9H,1H2,2-3H3,(H2,14,15,16)/b8-5+. The quantitative estimate of drug-likeness (QED) is 0.749. The van der Waals surface area contributed by atoms with Gasteiger partial charge < -0.3 is 10.6 Å². The van der Waals surface area contributed by atoms with Gasteiger partial charge in [0, 0.05) is 11.9 Å². The molecule has 0 heterocycles. The van der Waals surface area contributed by atoms with E-state index in [0.717, 1.165) is 11.3 Å². The molecular formula is C13H16N2O. The average Bonchev–Trinajstić information content (AvgIpc) is 2.24. The first-order chi connectivity index (χ1) is 7.63. The lowest BCUT2D eigenvalue weighted by atomic mass is 10.1. The summed E-state index contributed by atoms with van der Waals surface area (Å²) in [5.74, 6) is 0. The molecule has 84 valence electrons. The van der Waals surface area contributed by atoms with Gasteiger partial charge in [0.1, 0.15) is 0 Å². The molecule has 0 saturated heterocycles. The van der Waals surface area contributed by atoms with E-state index in [2.05, 4.69) is 17.2 Å². The molecule has 0 saturated carbocycles. The summed E-state index contributed by atoms with van der Waals surface area (Å²) in [4.78, 5) is 11.4. The Hall–Kier alpha value is -2.03. The highest BCUT2D eigenvalue weighted by molar-refractivity contribution is 5.90.